The Bertz CT molecular complexity index is 1120. The molecule has 0 spiro atoms. The van der Waals surface area contributed by atoms with E-state index in [0.29, 0.717) is 25.1 Å². The van der Waals surface area contributed by atoms with Crippen molar-refractivity contribution in [1.29, 1.82) is 0 Å². The number of hydrogen-bond acceptors (Lipinski definition) is 4. The van der Waals surface area contributed by atoms with E-state index in [1.807, 2.05) is 45.9 Å². The minimum absolute atomic E-state index is 0.0717. The average molecular weight is 458 g/mol. The maximum absolute atomic E-state index is 13.1. The van der Waals surface area contributed by atoms with Gasteiger partial charge in [-0.1, -0.05) is 19.9 Å². The van der Waals surface area contributed by atoms with Gasteiger partial charge in [0.05, 0.1) is 4.90 Å². The smallest absolute Gasteiger partial charge is 0.242 e. The van der Waals surface area contributed by atoms with Crippen molar-refractivity contribution in [2.24, 2.45) is 5.92 Å². The zero-order valence-corrected chi connectivity index (χ0v) is 20.0. The van der Waals surface area contributed by atoms with Crippen LogP contribution in [-0.2, 0) is 26.0 Å². The Kier molecular flexibility index (Phi) is 7.05. The van der Waals surface area contributed by atoms with Gasteiger partial charge in [-0.25, -0.2) is 8.42 Å². The highest BCUT2D eigenvalue weighted by atomic mass is 32.2. The van der Waals surface area contributed by atoms with Crippen LogP contribution in [0.5, 0.6) is 0 Å². The zero-order valence-electron chi connectivity index (χ0n) is 19.2. The largest absolute Gasteiger partial charge is 0.325 e. The van der Waals surface area contributed by atoms with Gasteiger partial charge < -0.3 is 10.2 Å². The van der Waals surface area contributed by atoms with Crippen LogP contribution >= 0.6 is 0 Å². The number of hydrogen-bond donors (Lipinski definition) is 2. The van der Waals surface area contributed by atoms with E-state index in [2.05, 4.69) is 10.0 Å². The number of amides is 2. The number of fused-ring (bicyclic) bond motifs is 1. The lowest BCUT2D eigenvalue weighted by molar-refractivity contribution is -0.118. The van der Waals surface area contributed by atoms with E-state index in [4.69, 9.17) is 0 Å². The Morgan fingerprint density at radius 1 is 1.06 bits per heavy atom. The fraction of sp³-hybridized carbons (Fsp3) is 0.417. The molecule has 1 aliphatic heterocycles. The van der Waals surface area contributed by atoms with Crippen molar-refractivity contribution in [3.63, 3.8) is 0 Å². The molecule has 0 saturated heterocycles. The highest BCUT2D eigenvalue weighted by Gasteiger charge is 2.29. The molecule has 0 radical (unpaired) electrons. The van der Waals surface area contributed by atoms with Crippen molar-refractivity contribution in [3.05, 3.63) is 53.1 Å². The van der Waals surface area contributed by atoms with Crippen LogP contribution in [0.3, 0.4) is 0 Å². The van der Waals surface area contributed by atoms with Crippen LogP contribution in [0.15, 0.2) is 41.3 Å². The molecule has 172 valence electrons. The number of anilines is 2. The summed E-state index contributed by atoms with van der Waals surface area (Å²) in [6.45, 7) is 9.80. The Labute approximate surface area is 190 Å². The topological polar surface area (TPSA) is 95.6 Å². The second-order valence-electron chi connectivity index (χ2n) is 8.88. The van der Waals surface area contributed by atoms with Gasteiger partial charge in [0.25, 0.3) is 0 Å². The summed E-state index contributed by atoms with van der Waals surface area (Å²) in [6, 6.07) is 9.53. The molecule has 7 nitrogen and oxygen atoms in total. The molecule has 2 aromatic carbocycles. The van der Waals surface area contributed by atoms with E-state index in [-0.39, 0.29) is 16.7 Å². The van der Waals surface area contributed by atoms with Gasteiger partial charge in [-0.3, -0.25) is 9.59 Å². The first-order valence-electron chi connectivity index (χ1n) is 10.8. The lowest BCUT2D eigenvalue weighted by atomic mass is 10.0. The van der Waals surface area contributed by atoms with Gasteiger partial charge in [0.1, 0.15) is 6.04 Å². The first kappa shape index (κ1) is 23.9. The molecule has 1 heterocycles. The molecule has 0 bridgehead atoms. The normalized spacial score (nSPS) is 14.4. The molecule has 8 heteroatoms. The number of aryl methyl sites for hydroxylation is 2. The van der Waals surface area contributed by atoms with Gasteiger partial charge >= 0.3 is 0 Å². The average Bonchev–Trinajstić information content (AvgIpc) is 3.09. The highest BCUT2D eigenvalue weighted by molar-refractivity contribution is 7.89. The van der Waals surface area contributed by atoms with Gasteiger partial charge in [0.2, 0.25) is 21.8 Å². The van der Waals surface area contributed by atoms with Gasteiger partial charge in [-0.15, -0.1) is 0 Å². The second kappa shape index (κ2) is 9.42. The molecule has 0 saturated carbocycles. The van der Waals surface area contributed by atoms with Crippen LogP contribution in [0, 0.1) is 19.8 Å². The number of nitrogens with one attached hydrogen (secondary N) is 2. The molecule has 2 amide bonds. The van der Waals surface area contributed by atoms with Crippen LogP contribution in [0.2, 0.25) is 0 Å². The molecule has 3 rings (SSSR count). The first-order valence-corrected chi connectivity index (χ1v) is 12.3. The Hall–Kier alpha value is -2.71. The third-order valence-corrected chi connectivity index (χ3v) is 6.92. The SMILES string of the molecule is CC(=O)N1CCc2cc(S(=O)(=O)N[C@@H](CC(C)C)C(=O)Nc3cc(C)cc(C)c3)ccc21. The molecule has 0 unspecified atom stereocenters. The lowest BCUT2D eigenvalue weighted by Gasteiger charge is -2.21. The minimum Gasteiger partial charge on any atom is -0.325 e. The van der Waals surface area contributed by atoms with E-state index in [9.17, 15) is 18.0 Å². The fourth-order valence-electron chi connectivity index (χ4n) is 4.08. The number of benzene rings is 2. The summed E-state index contributed by atoms with van der Waals surface area (Å²) in [4.78, 5) is 26.5. The van der Waals surface area contributed by atoms with Crippen LogP contribution < -0.4 is 14.9 Å². The number of sulfonamides is 1. The quantitative estimate of drug-likeness (QED) is 0.665. The maximum atomic E-state index is 13.1. The zero-order chi connectivity index (χ0) is 23.6. The van der Waals surface area contributed by atoms with Crippen molar-refractivity contribution in [2.45, 2.75) is 58.4 Å². The van der Waals surface area contributed by atoms with Crippen molar-refractivity contribution in [3.8, 4) is 0 Å². The molecule has 32 heavy (non-hydrogen) atoms. The van der Waals surface area contributed by atoms with Crippen molar-refractivity contribution in [2.75, 3.05) is 16.8 Å². The monoisotopic (exact) mass is 457 g/mol. The summed E-state index contributed by atoms with van der Waals surface area (Å²) in [5.41, 5.74) is 4.21. The molecule has 1 aliphatic rings. The molecule has 2 N–H and O–H groups in total. The third-order valence-electron chi connectivity index (χ3n) is 5.45. The van der Waals surface area contributed by atoms with Crippen molar-refractivity contribution in [1.82, 2.24) is 4.72 Å². The van der Waals surface area contributed by atoms with Crippen LogP contribution in [-0.4, -0.2) is 32.8 Å². The molecular weight excluding hydrogens is 426 g/mol. The van der Waals surface area contributed by atoms with Gasteiger partial charge in [0.15, 0.2) is 0 Å². The van der Waals surface area contributed by atoms with E-state index in [1.54, 1.807) is 17.0 Å². The maximum Gasteiger partial charge on any atom is 0.242 e. The second-order valence-corrected chi connectivity index (χ2v) is 10.6. The van der Waals surface area contributed by atoms with E-state index in [0.717, 1.165) is 22.4 Å². The Morgan fingerprint density at radius 3 is 2.31 bits per heavy atom. The van der Waals surface area contributed by atoms with Gasteiger partial charge in [-0.05, 0) is 79.6 Å². The molecular formula is C24H31N3O4S. The Balaban J connectivity index is 1.83. The predicted molar refractivity (Wildman–Crippen MR) is 126 cm³/mol. The Morgan fingerprint density at radius 2 is 1.72 bits per heavy atom. The fourth-order valence-corrected chi connectivity index (χ4v) is 5.34. The molecule has 1 atom stereocenters. The van der Waals surface area contributed by atoms with Gasteiger partial charge in [0, 0.05) is 24.8 Å². The minimum atomic E-state index is -3.93. The molecule has 0 fully saturated rings. The summed E-state index contributed by atoms with van der Waals surface area (Å²) >= 11 is 0. The van der Waals surface area contributed by atoms with E-state index < -0.39 is 22.0 Å². The molecule has 0 aliphatic carbocycles. The summed E-state index contributed by atoms with van der Waals surface area (Å²) in [5.74, 6) is -0.356. The number of rotatable bonds is 7. The van der Waals surface area contributed by atoms with Crippen LogP contribution in [0.1, 0.15) is 43.9 Å². The summed E-state index contributed by atoms with van der Waals surface area (Å²) in [7, 11) is -3.93. The van der Waals surface area contributed by atoms with Crippen molar-refractivity contribution < 1.29 is 18.0 Å². The molecule has 0 aromatic heterocycles. The summed E-state index contributed by atoms with van der Waals surface area (Å²) in [6.07, 6.45) is 0.958. The summed E-state index contributed by atoms with van der Waals surface area (Å²) in [5, 5.41) is 2.85. The van der Waals surface area contributed by atoms with E-state index in [1.165, 1.54) is 13.0 Å². The van der Waals surface area contributed by atoms with Crippen molar-refractivity contribution >= 4 is 33.2 Å². The van der Waals surface area contributed by atoms with Crippen LogP contribution in [0.25, 0.3) is 0 Å². The van der Waals surface area contributed by atoms with Crippen LogP contribution in [0.4, 0.5) is 11.4 Å². The number of carbonyl (C=O) groups is 2. The third kappa shape index (κ3) is 5.55. The predicted octanol–water partition coefficient (Wildman–Crippen LogP) is 3.54. The summed E-state index contributed by atoms with van der Waals surface area (Å²) < 4.78 is 28.9. The highest BCUT2D eigenvalue weighted by Crippen LogP contribution is 2.30. The first-order chi connectivity index (χ1) is 15.0. The van der Waals surface area contributed by atoms with Gasteiger partial charge in [-0.2, -0.15) is 4.72 Å². The number of nitrogens with zero attached hydrogens (tertiary/aromatic N) is 1. The standard InChI is InChI=1S/C24H31N3O4S/c1-15(2)10-22(24(29)25-20-12-16(3)11-17(4)13-20)26-32(30,31)21-6-7-23-19(14-21)8-9-27(23)18(5)28/h6-7,11-15,22,26H,8-10H2,1-5H3,(H,25,29)/t22-/m0/s1. The molecule has 2 aromatic rings. The lowest BCUT2D eigenvalue weighted by Crippen LogP contribution is -2.44. The van der Waals surface area contributed by atoms with E-state index >= 15 is 0 Å². The number of carbonyl (C=O) groups excluding carboxylic acids is 2.